The monoisotopic (exact) mass is 364 g/mol. The molecule has 0 spiro atoms. The first-order valence-corrected chi connectivity index (χ1v) is 8.70. The summed E-state index contributed by atoms with van der Waals surface area (Å²) in [7, 11) is 0. The zero-order chi connectivity index (χ0) is 19.4. The van der Waals surface area contributed by atoms with Gasteiger partial charge in [-0.3, -0.25) is 9.59 Å². The molecule has 1 heterocycles. The topological polar surface area (TPSA) is 88.3 Å². The number of hydrogen-bond donors (Lipinski definition) is 2. The van der Waals surface area contributed by atoms with E-state index in [0.717, 1.165) is 12.0 Å². The van der Waals surface area contributed by atoms with Crippen molar-refractivity contribution in [2.45, 2.75) is 26.4 Å². The fourth-order valence-electron chi connectivity index (χ4n) is 2.72. The Bertz CT molecular complexity index is 1040. The predicted molar refractivity (Wildman–Crippen MR) is 104 cm³/mol. The Balaban J connectivity index is 1.73. The quantitative estimate of drug-likeness (QED) is 0.680. The number of nitrogens with one attached hydrogen (secondary N) is 2. The fraction of sp³-hybridized carbons (Fsp3) is 0.190. The van der Waals surface area contributed by atoms with Gasteiger partial charge in [0.1, 0.15) is 0 Å². The van der Waals surface area contributed by atoms with Crippen molar-refractivity contribution in [3.8, 4) is 0 Å². The van der Waals surface area contributed by atoms with Crippen LogP contribution in [0.4, 0.5) is 5.69 Å². The van der Waals surface area contributed by atoms with Gasteiger partial charge in [-0.1, -0.05) is 37.3 Å². The average Bonchev–Trinajstić information content (AvgIpc) is 2.67. The first kappa shape index (κ1) is 18.4. The molecule has 0 aliphatic rings. The summed E-state index contributed by atoms with van der Waals surface area (Å²) in [4.78, 5) is 39.3. The number of para-hydroxylation sites is 1. The zero-order valence-corrected chi connectivity index (χ0v) is 15.1. The lowest BCUT2D eigenvalue weighted by Crippen LogP contribution is -2.30. The third-order valence-corrected chi connectivity index (χ3v) is 4.25. The molecule has 0 unspecified atom stereocenters. The molecule has 0 aliphatic heterocycles. The molecular weight excluding hydrogens is 344 g/mol. The van der Waals surface area contributed by atoms with Crippen molar-refractivity contribution in [1.29, 1.82) is 0 Å². The highest BCUT2D eigenvalue weighted by molar-refractivity contribution is 6.04. The van der Waals surface area contributed by atoms with Crippen molar-refractivity contribution in [1.82, 2.24) is 4.98 Å². The van der Waals surface area contributed by atoms with E-state index in [1.165, 1.54) is 13.0 Å². The lowest BCUT2D eigenvalue weighted by atomic mass is 10.1. The van der Waals surface area contributed by atoms with Crippen LogP contribution >= 0.6 is 0 Å². The summed E-state index contributed by atoms with van der Waals surface area (Å²) in [6, 6.07) is 15.6. The summed E-state index contributed by atoms with van der Waals surface area (Å²) in [5.41, 5.74) is 2.04. The number of fused-ring (bicyclic) bond motifs is 1. The minimum absolute atomic E-state index is 0.126. The molecule has 6 heteroatoms. The molecule has 0 bridgehead atoms. The van der Waals surface area contributed by atoms with Crippen molar-refractivity contribution in [2.75, 3.05) is 5.32 Å². The molecule has 138 valence electrons. The standard InChI is InChI=1S/C21H20N2O4/c1-3-14-8-10-15(11-9-14)22-20(25)13(2)27-21(26)17-12-19(24)23-18-7-5-4-6-16(17)18/h4-13H,3H2,1-2H3,(H,22,25)(H,23,24)/t13-/m0/s1. The van der Waals surface area contributed by atoms with E-state index < -0.39 is 23.5 Å². The van der Waals surface area contributed by atoms with Crippen LogP contribution in [0.15, 0.2) is 59.4 Å². The molecule has 0 saturated carbocycles. The van der Waals surface area contributed by atoms with Crippen molar-refractivity contribution < 1.29 is 14.3 Å². The second-order valence-corrected chi connectivity index (χ2v) is 6.18. The van der Waals surface area contributed by atoms with Crippen molar-refractivity contribution >= 4 is 28.5 Å². The van der Waals surface area contributed by atoms with Gasteiger partial charge in [0, 0.05) is 22.7 Å². The van der Waals surface area contributed by atoms with E-state index in [1.807, 2.05) is 19.1 Å². The van der Waals surface area contributed by atoms with Crippen LogP contribution in [-0.2, 0) is 16.0 Å². The van der Waals surface area contributed by atoms with E-state index in [0.29, 0.717) is 16.6 Å². The Hall–Kier alpha value is -3.41. The molecule has 0 saturated heterocycles. The average molecular weight is 364 g/mol. The summed E-state index contributed by atoms with van der Waals surface area (Å²) in [5.74, 6) is -1.16. The number of aryl methyl sites for hydroxylation is 1. The smallest absolute Gasteiger partial charge is 0.339 e. The Labute approximate surface area is 156 Å². The lowest BCUT2D eigenvalue weighted by Gasteiger charge is -2.14. The molecule has 2 N–H and O–H groups in total. The number of esters is 1. The number of amides is 1. The molecule has 1 amide bonds. The highest BCUT2D eigenvalue weighted by Gasteiger charge is 2.21. The molecule has 1 atom stereocenters. The van der Waals surface area contributed by atoms with E-state index in [4.69, 9.17) is 4.74 Å². The summed E-state index contributed by atoms with van der Waals surface area (Å²) in [6.07, 6.45) is -0.103. The Morgan fingerprint density at radius 3 is 2.52 bits per heavy atom. The highest BCUT2D eigenvalue weighted by atomic mass is 16.5. The maximum Gasteiger partial charge on any atom is 0.339 e. The van der Waals surface area contributed by atoms with Crippen molar-refractivity contribution in [2.24, 2.45) is 0 Å². The minimum atomic E-state index is -1.01. The number of aromatic nitrogens is 1. The number of hydrogen-bond acceptors (Lipinski definition) is 4. The number of carbonyl (C=O) groups excluding carboxylic acids is 2. The molecular formula is C21H20N2O4. The zero-order valence-electron chi connectivity index (χ0n) is 15.1. The molecule has 3 rings (SSSR count). The SMILES string of the molecule is CCc1ccc(NC(=O)[C@H](C)OC(=O)c2cc(=O)[nH]c3ccccc23)cc1. The highest BCUT2D eigenvalue weighted by Crippen LogP contribution is 2.17. The Kier molecular flexibility index (Phi) is 5.35. The first-order valence-electron chi connectivity index (χ1n) is 8.70. The third-order valence-electron chi connectivity index (χ3n) is 4.25. The van der Waals surface area contributed by atoms with Crippen LogP contribution < -0.4 is 10.9 Å². The van der Waals surface area contributed by atoms with Crippen molar-refractivity contribution in [3.63, 3.8) is 0 Å². The minimum Gasteiger partial charge on any atom is -0.449 e. The first-order chi connectivity index (χ1) is 13.0. The van der Waals surface area contributed by atoms with E-state index in [-0.39, 0.29) is 5.56 Å². The van der Waals surface area contributed by atoms with Gasteiger partial charge in [0.15, 0.2) is 6.10 Å². The number of aromatic amines is 1. The van der Waals surface area contributed by atoms with Gasteiger partial charge in [0.05, 0.1) is 5.56 Å². The van der Waals surface area contributed by atoms with Gasteiger partial charge in [0.2, 0.25) is 5.56 Å². The van der Waals surface area contributed by atoms with Gasteiger partial charge in [-0.15, -0.1) is 0 Å². The normalized spacial score (nSPS) is 11.8. The number of ether oxygens (including phenoxy) is 1. The predicted octanol–water partition coefficient (Wildman–Crippen LogP) is 3.27. The van der Waals surface area contributed by atoms with Crippen LogP contribution in [0.5, 0.6) is 0 Å². The number of H-pyrrole nitrogens is 1. The van der Waals surface area contributed by atoms with E-state index in [1.54, 1.807) is 36.4 Å². The van der Waals surface area contributed by atoms with Crippen LogP contribution in [0.2, 0.25) is 0 Å². The van der Waals surface area contributed by atoms with Gasteiger partial charge >= 0.3 is 5.97 Å². The molecule has 27 heavy (non-hydrogen) atoms. The van der Waals surface area contributed by atoms with Crippen LogP contribution in [0.3, 0.4) is 0 Å². The van der Waals surface area contributed by atoms with E-state index >= 15 is 0 Å². The van der Waals surface area contributed by atoms with E-state index in [9.17, 15) is 14.4 Å². The van der Waals surface area contributed by atoms with E-state index in [2.05, 4.69) is 10.3 Å². The number of anilines is 1. The maximum atomic E-state index is 12.5. The van der Waals surface area contributed by atoms with Gasteiger partial charge < -0.3 is 15.0 Å². The van der Waals surface area contributed by atoms with Crippen LogP contribution in [0.25, 0.3) is 10.9 Å². The number of rotatable bonds is 5. The molecule has 1 aromatic heterocycles. The maximum absolute atomic E-state index is 12.5. The third kappa shape index (κ3) is 4.23. The number of carbonyl (C=O) groups is 2. The largest absolute Gasteiger partial charge is 0.449 e. The molecule has 3 aromatic rings. The second-order valence-electron chi connectivity index (χ2n) is 6.18. The van der Waals surface area contributed by atoms with Crippen molar-refractivity contribution in [3.05, 3.63) is 76.1 Å². The van der Waals surface area contributed by atoms with Crippen LogP contribution in [0, 0.1) is 0 Å². The van der Waals surface area contributed by atoms with Crippen LogP contribution in [0.1, 0.15) is 29.8 Å². The van der Waals surface area contributed by atoms with Gasteiger partial charge in [0.25, 0.3) is 5.91 Å². The summed E-state index contributed by atoms with van der Waals surface area (Å²) >= 11 is 0. The number of benzene rings is 2. The van der Waals surface area contributed by atoms with Crippen LogP contribution in [-0.4, -0.2) is 23.0 Å². The van der Waals surface area contributed by atoms with Gasteiger partial charge in [-0.05, 0) is 37.1 Å². The summed E-state index contributed by atoms with van der Waals surface area (Å²) < 4.78 is 5.27. The Morgan fingerprint density at radius 1 is 1.11 bits per heavy atom. The van der Waals surface area contributed by atoms with Gasteiger partial charge in [-0.25, -0.2) is 4.79 Å². The lowest BCUT2D eigenvalue weighted by molar-refractivity contribution is -0.123. The van der Waals surface area contributed by atoms with Gasteiger partial charge in [-0.2, -0.15) is 0 Å². The molecule has 0 fully saturated rings. The molecule has 0 radical (unpaired) electrons. The molecule has 2 aromatic carbocycles. The molecule has 0 aliphatic carbocycles. The second kappa shape index (κ2) is 7.86. The summed E-state index contributed by atoms with van der Waals surface area (Å²) in [6.45, 7) is 3.54. The summed E-state index contributed by atoms with van der Waals surface area (Å²) in [5, 5.41) is 3.27. The fourth-order valence-corrected chi connectivity index (χ4v) is 2.72. The number of pyridine rings is 1. The Morgan fingerprint density at radius 2 is 1.81 bits per heavy atom. The molecule has 6 nitrogen and oxygen atoms in total.